The zero-order chi connectivity index (χ0) is 14.6. The Morgan fingerprint density at radius 1 is 0.900 bits per heavy atom. The highest BCUT2D eigenvalue weighted by Crippen LogP contribution is 2.17. The number of carbonyl (C=O) groups excluding carboxylic acids is 1. The summed E-state index contributed by atoms with van der Waals surface area (Å²) in [6.07, 6.45) is 0. The Hall–Kier alpha value is -2.24. The highest BCUT2D eigenvalue weighted by molar-refractivity contribution is 6.58. The van der Waals surface area contributed by atoms with Gasteiger partial charge in [0.2, 0.25) is 0 Å². The van der Waals surface area contributed by atoms with E-state index in [4.69, 9.17) is 0 Å². The van der Waals surface area contributed by atoms with Gasteiger partial charge in [-0.05, 0) is 24.3 Å². The van der Waals surface area contributed by atoms with Gasteiger partial charge >= 0.3 is 6.98 Å². The second kappa shape index (κ2) is 5.82. The smallest absolute Gasteiger partial charge is 0.515 e. The number of hydrogen-bond donors (Lipinski definition) is 0. The third-order valence-corrected chi connectivity index (χ3v) is 2.59. The van der Waals surface area contributed by atoms with Gasteiger partial charge in [0.25, 0.3) is 0 Å². The van der Waals surface area contributed by atoms with E-state index >= 15 is 0 Å². The summed E-state index contributed by atoms with van der Waals surface area (Å²) in [4.78, 5) is 12.1. The van der Waals surface area contributed by atoms with Gasteiger partial charge in [-0.1, -0.05) is 30.3 Å². The van der Waals surface area contributed by atoms with Crippen molar-refractivity contribution < 1.29 is 22.5 Å². The molecule has 6 heteroatoms. The molecule has 0 amide bonds. The third-order valence-electron chi connectivity index (χ3n) is 2.59. The summed E-state index contributed by atoms with van der Waals surface area (Å²) in [7, 11) is 0. The molecule has 2 aromatic carbocycles. The molecule has 0 radical (unpaired) electrons. The Balaban J connectivity index is 2.07. The van der Waals surface area contributed by atoms with Gasteiger partial charge in [-0.2, -0.15) is 0 Å². The number of halogens is 3. The predicted molar refractivity (Wildman–Crippen MR) is 70.9 cm³/mol. The molecule has 0 aromatic heterocycles. The van der Waals surface area contributed by atoms with Crippen molar-refractivity contribution in [1.29, 1.82) is 0 Å². The second-order valence-corrected chi connectivity index (χ2v) is 4.24. The van der Waals surface area contributed by atoms with Gasteiger partial charge in [-0.25, -0.2) is 0 Å². The average molecular weight is 279 g/mol. The van der Waals surface area contributed by atoms with Crippen molar-refractivity contribution in [3.8, 4) is 5.75 Å². The fraction of sp³-hybridized carbons (Fsp3) is 0.0714. The van der Waals surface area contributed by atoms with Crippen LogP contribution in [-0.4, -0.2) is 19.3 Å². The van der Waals surface area contributed by atoms with Crippen molar-refractivity contribution in [3.63, 3.8) is 0 Å². The van der Waals surface area contributed by atoms with Crippen LogP contribution in [0.4, 0.5) is 12.9 Å². The lowest BCUT2D eigenvalue weighted by atomic mass is 9.95. The number of carbonyl (C=O) groups is 1. The van der Waals surface area contributed by atoms with E-state index in [0.717, 1.165) is 0 Å². The molecule has 0 unspecified atom stereocenters. The molecule has 0 aliphatic heterocycles. The Bertz CT molecular complexity index is 580. The molecule has 0 N–H and O–H groups in total. The van der Waals surface area contributed by atoms with Gasteiger partial charge < -0.3 is 17.7 Å². The maximum atomic E-state index is 12.1. The molecule has 0 spiro atoms. The van der Waals surface area contributed by atoms with Crippen molar-refractivity contribution in [3.05, 3.63) is 65.7 Å². The monoisotopic (exact) mass is 279 g/mol. The highest BCUT2D eigenvalue weighted by Gasteiger charge is 2.24. The summed E-state index contributed by atoms with van der Waals surface area (Å²) in [5.41, 5.74) is 0.931. The molecule has 0 bridgehead atoms. The lowest BCUT2D eigenvalue weighted by molar-refractivity contribution is 0.103. The van der Waals surface area contributed by atoms with Crippen molar-refractivity contribution in [1.82, 2.24) is 0 Å². The quantitative estimate of drug-likeness (QED) is 0.616. The van der Waals surface area contributed by atoms with Gasteiger partial charge in [-0.15, -0.1) is 0 Å². The van der Waals surface area contributed by atoms with E-state index in [1.807, 2.05) is 0 Å². The second-order valence-electron chi connectivity index (χ2n) is 4.24. The average Bonchev–Trinajstić information content (AvgIpc) is 2.45. The molecule has 104 valence electrons. The van der Waals surface area contributed by atoms with E-state index in [0.29, 0.717) is 11.1 Å². The molecule has 2 nitrogen and oxygen atoms in total. The number of ether oxygens (including phenoxy) is 1. The van der Waals surface area contributed by atoms with Crippen molar-refractivity contribution in [2.24, 2.45) is 0 Å². The summed E-state index contributed by atoms with van der Waals surface area (Å²) >= 11 is 0. The first-order valence-electron chi connectivity index (χ1n) is 5.99. The molecule has 0 saturated carbocycles. The van der Waals surface area contributed by atoms with E-state index < -0.39 is 13.5 Å². The molecule has 0 fully saturated rings. The lowest BCUT2D eigenvalue weighted by Gasteiger charge is -2.15. The number of ketones is 1. The number of hydrogen-bond acceptors (Lipinski definition) is 2. The van der Waals surface area contributed by atoms with Crippen LogP contribution in [0.2, 0.25) is 0 Å². The van der Waals surface area contributed by atoms with Gasteiger partial charge in [0.15, 0.2) is 5.78 Å². The van der Waals surface area contributed by atoms with Crippen LogP contribution in [-0.2, 0) is 0 Å². The zero-order valence-electron chi connectivity index (χ0n) is 10.4. The fourth-order valence-electron chi connectivity index (χ4n) is 1.65. The minimum atomic E-state index is -4.98. The van der Waals surface area contributed by atoms with Crippen LogP contribution in [0.25, 0.3) is 0 Å². The molecule has 20 heavy (non-hydrogen) atoms. The zero-order valence-corrected chi connectivity index (χ0v) is 10.4. The first-order chi connectivity index (χ1) is 9.46. The Kier molecular flexibility index (Phi) is 4.12. The van der Waals surface area contributed by atoms with E-state index in [2.05, 4.69) is 4.74 Å². The first kappa shape index (κ1) is 14.2. The van der Waals surface area contributed by atoms with Gasteiger partial charge in [-0.3, -0.25) is 4.79 Å². The van der Waals surface area contributed by atoms with E-state index in [1.165, 1.54) is 24.3 Å². The first-order valence-corrected chi connectivity index (χ1v) is 5.99. The minimum absolute atomic E-state index is 0.0915. The van der Waals surface area contributed by atoms with Crippen LogP contribution in [0.5, 0.6) is 5.75 Å². The molecule has 0 aliphatic carbocycles. The number of benzene rings is 2. The lowest BCUT2D eigenvalue weighted by Crippen LogP contribution is -2.26. The normalized spacial score (nSPS) is 11.2. The molecule has 0 saturated heterocycles. The SMILES string of the molecule is O=C(c1ccccc1)c1ccc(OC[B-](F)(F)F)cc1. The highest BCUT2D eigenvalue weighted by atomic mass is 19.4. The molecular weight excluding hydrogens is 268 g/mol. The van der Waals surface area contributed by atoms with Gasteiger partial charge in [0.1, 0.15) is 5.75 Å². The van der Waals surface area contributed by atoms with Crippen LogP contribution in [0, 0.1) is 0 Å². The van der Waals surface area contributed by atoms with Crippen LogP contribution >= 0.6 is 0 Å². The summed E-state index contributed by atoms with van der Waals surface area (Å²) < 4.78 is 40.8. The maximum absolute atomic E-state index is 12.1. The van der Waals surface area contributed by atoms with Crippen LogP contribution in [0.15, 0.2) is 54.6 Å². The van der Waals surface area contributed by atoms with E-state index in [9.17, 15) is 17.7 Å². The van der Waals surface area contributed by atoms with Crippen LogP contribution in [0.1, 0.15) is 15.9 Å². The van der Waals surface area contributed by atoms with E-state index in [1.54, 1.807) is 30.3 Å². The third kappa shape index (κ3) is 3.88. The van der Waals surface area contributed by atoms with Crippen LogP contribution in [0.3, 0.4) is 0 Å². The molecular formula is C14H11BF3O2-. The Morgan fingerprint density at radius 2 is 1.45 bits per heavy atom. The van der Waals surface area contributed by atoms with Crippen molar-refractivity contribution in [2.45, 2.75) is 0 Å². The minimum Gasteiger partial charge on any atom is -0.522 e. The van der Waals surface area contributed by atoms with Gasteiger partial charge in [0.05, 0.1) is 6.51 Å². The molecule has 0 atom stereocenters. The van der Waals surface area contributed by atoms with Gasteiger partial charge in [0, 0.05) is 11.1 Å². The largest absolute Gasteiger partial charge is 0.522 e. The fourth-order valence-corrected chi connectivity index (χ4v) is 1.65. The van der Waals surface area contributed by atoms with E-state index in [-0.39, 0.29) is 11.5 Å². The summed E-state index contributed by atoms with van der Waals surface area (Å²) in [5, 5.41) is 0. The van der Waals surface area contributed by atoms with Crippen molar-refractivity contribution >= 4 is 12.8 Å². The molecule has 2 aromatic rings. The standard InChI is InChI=1S/C14H11BF3O2/c16-15(17,18)10-20-13-8-6-12(7-9-13)14(19)11-4-2-1-3-5-11/h1-9H,10H2/q-1. The molecule has 0 heterocycles. The topological polar surface area (TPSA) is 26.3 Å². The molecule has 2 rings (SSSR count). The number of rotatable bonds is 5. The maximum Gasteiger partial charge on any atom is 0.515 e. The summed E-state index contributed by atoms with van der Waals surface area (Å²) in [6.45, 7) is -6.27. The summed E-state index contributed by atoms with van der Waals surface area (Å²) in [5.74, 6) is -0.0917. The summed E-state index contributed by atoms with van der Waals surface area (Å²) in [6, 6.07) is 14.3. The Labute approximate surface area is 114 Å². The molecule has 0 aliphatic rings. The van der Waals surface area contributed by atoms with Crippen LogP contribution < -0.4 is 4.74 Å². The Morgan fingerprint density at radius 3 is 2.00 bits per heavy atom. The van der Waals surface area contributed by atoms with Crippen molar-refractivity contribution in [2.75, 3.05) is 6.51 Å². The predicted octanol–water partition coefficient (Wildman–Crippen LogP) is 3.68.